The van der Waals surface area contributed by atoms with Crippen LogP contribution < -0.4 is 36.1 Å². The number of fused-ring (bicyclic) bond motifs is 3. The fourth-order valence-electron chi connectivity index (χ4n) is 8.54. The monoisotopic (exact) mass is 947 g/mol. The first-order chi connectivity index (χ1) is 32.2. The number of anilines is 4. The van der Waals surface area contributed by atoms with Crippen molar-refractivity contribution in [3.63, 3.8) is 0 Å². The summed E-state index contributed by atoms with van der Waals surface area (Å²) in [6.07, 6.45) is 6.45. The van der Waals surface area contributed by atoms with E-state index in [0.29, 0.717) is 63.9 Å². The Morgan fingerprint density at radius 1 is 0.925 bits per heavy atom. The highest BCUT2D eigenvalue weighted by atomic mass is 32.1. The van der Waals surface area contributed by atoms with E-state index in [-0.39, 0.29) is 48.8 Å². The van der Waals surface area contributed by atoms with Gasteiger partial charge in [0.2, 0.25) is 23.5 Å². The fourth-order valence-corrected chi connectivity index (χ4v) is 10.2. The molecule has 1 saturated carbocycles. The zero-order valence-electron chi connectivity index (χ0n) is 38.5. The number of amides is 4. The lowest BCUT2D eigenvalue weighted by Crippen LogP contribution is -2.57. The summed E-state index contributed by atoms with van der Waals surface area (Å²) in [5.74, 6) is -2.47. The van der Waals surface area contributed by atoms with Crippen LogP contribution in [0.4, 0.5) is 21.6 Å². The maximum atomic E-state index is 15.0. The Morgan fingerprint density at radius 2 is 1.69 bits per heavy atom. The van der Waals surface area contributed by atoms with Crippen LogP contribution in [-0.4, -0.2) is 92.7 Å². The van der Waals surface area contributed by atoms with Gasteiger partial charge in [-0.15, -0.1) is 22.7 Å². The molecule has 0 bridgehead atoms. The average molecular weight is 948 g/mol. The number of para-hydroxylation sites is 2. The van der Waals surface area contributed by atoms with Crippen molar-refractivity contribution >= 4 is 84.6 Å². The molecule has 0 radical (unpaired) electrons. The summed E-state index contributed by atoms with van der Waals surface area (Å²) in [7, 11) is 1.59. The van der Waals surface area contributed by atoms with Crippen LogP contribution in [0.3, 0.4) is 0 Å². The predicted molar refractivity (Wildman–Crippen MR) is 262 cm³/mol. The van der Waals surface area contributed by atoms with Crippen LogP contribution in [0.25, 0.3) is 22.3 Å². The molecule has 4 amide bonds. The second kappa shape index (κ2) is 20.2. The Labute approximate surface area is 397 Å². The van der Waals surface area contributed by atoms with Crippen molar-refractivity contribution in [3.8, 4) is 22.9 Å². The molecule has 352 valence electrons. The first-order valence-electron chi connectivity index (χ1n) is 22.9. The molecule has 5 atom stereocenters. The smallest absolute Gasteiger partial charge is 0.294 e. The fraction of sp³-hybridized carbons (Fsp3) is 0.429. The second-order valence-electron chi connectivity index (χ2n) is 17.9. The molecular weight excluding hydrogens is 891 g/mol. The number of ketones is 1. The third-order valence-electron chi connectivity index (χ3n) is 12.2. The third-order valence-corrected chi connectivity index (χ3v) is 13.8. The van der Waals surface area contributed by atoms with E-state index in [1.165, 1.54) is 27.6 Å². The molecule has 3 aromatic heterocycles. The van der Waals surface area contributed by atoms with Gasteiger partial charge in [-0.1, -0.05) is 45.1 Å². The van der Waals surface area contributed by atoms with E-state index in [2.05, 4.69) is 31.6 Å². The molecule has 16 nitrogen and oxygen atoms in total. The number of thiazole rings is 2. The molecule has 5 heterocycles. The maximum Gasteiger partial charge on any atom is 0.294 e. The van der Waals surface area contributed by atoms with Crippen LogP contribution in [-0.2, 0) is 30.4 Å². The molecule has 2 aliphatic heterocycles. The quantitative estimate of drug-likeness (QED) is 0.0566. The lowest BCUT2D eigenvalue weighted by molar-refractivity contribution is -0.142. The normalized spacial score (nSPS) is 21.9. The molecule has 2 aromatic carbocycles. The van der Waals surface area contributed by atoms with Crippen molar-refractivity contribution in [3.05, 3.63) is 77.1 Å². The summed E-state index contributed by atoms with van der Waals surface area (Å²) < 4.78 is 12.4. The van der Waals surface area contributed by atoms with Crippen LogP contribution in [0.2, 0.25) is 0 Å². The summed E-state index contributed by atoms with van der Waals surface area (Å²) >= 11 is 2.88. The van der Waals surface area contributed by atoms with Gasteiger partial charge in [-0.05, 0) is 76.1 Å². The molecule has 5 aromatic rings. The molecule has 3 unspecified atom stereocenters. The lowest BCUT2D eigenvalue weighted by Gasteiger charge is -2.31. The van der Waals surface area contributed by atoms with E-state index >= 15 is 0 Å². The molecular formula is C49H57N9O7S2. The van der Waals surface area contributed by atoms with Crippen LogP contribution >= 0.6 is 22.7 Å². The number of hydrogen-bond donors (Lipinski definition) is 5. The minimum Gasteiger partial charge on any atom is -0.497 e. The third kappa shape index (κ3) is 10.6. The van der Waals surface area contributed by atoms with Gasteiger partial charge in [-0.2, -0.15) is 0 Å². The van der Waals surface area contributed by atoms with E-state index in [4.69, 9.17) is 19.4 Å². The number of nitrogens with one attached hydrogen (secondary N) is 5. The number of rotatable bonds is 13. The Morgan fingerprint density at radius 3 is 2.42 bits per heavy atom. The number of carbonyl (C=O) groups excluding carboxylic acids is 5. The molecule has 18 heteroatoms. The van der Waals surface area contributed by atoms with Crippen LogP contribution in [0.15, 0.2) is 71.4 Å². The van der Waals surface area contributed by atoms with Crippen molar-refractivity contribution in [2.45, 2.75) is 109 Å². The van der Waals surface area contributed by atoms with Crippen LogP contribution in [0.1, 0.15) is 78.8 Å². The predicted octanol–water partition coefficient (Wildman–Crippen LogP) is 7.84. The summed E-state index contributed by atoms with van der Waals surface area (Å²) in [5, 5.41) is 21.2. The minimum atomic E-state index is -1.57. The highest BCUT2D eigenvalue weighted by Crippen LogP contribution is 2.47. The van der Waals surface area contributed by atoms with Crippen molar-refractivity contribution < 1.29 is 33.4 Å². The number of carbonyl (C=O) groups is 5. The molecule has 5 N–H and O–H groups in total. The topological polar surface area (TPSA) is 206 Å². The number of nitrogens with zero attached hydrogens (tertiary/aromatic N) is 4. The Kier molecular flexibility index (Phi) is 14.2. The number of aryl methyl sites for hydroxylation is 1. The van der Waals surface area contributed by atoms with Gasteiger partial charge >= 0.3 is 0 Å². The molecule has 8 rings (SSSR count). The lowest BCUT2D eigenvalue weighted by atomic mass is 10.0. The highest BCUT2D eigenvalue weighted by molar-refractivity contribution is 7.14. The molecule has 67 heavy (non-hydrogen) atoms. The first kappa shape index (κ1) is 47.1. The van der Waals surface area contributed by atoms with Gasteiger partial charge in [0.1, 0.15) is 40.9 Å². The average Bonchev–Trinajstić information content (AvgIpc) is 3.70. The number of ether oxygens (including phenoxy) is 2. The van der Waals surface area contributed by atoms with E-state index in [0.717, 1.165) is 23.7 Å². The maximum absolute atomic E-state index is 15.0. The Hall–Kier alpha value is -6.40. The number of aromatic nitrogens is 3. The van der Waals surface area contributed by atoms with Gasteiger partial charge in [0.15, 0.2) is 10.3 Å². The number of methoxy groups -OCH3 is 1. The van der Waals surface area contributed by atoms with Gasteiger partial charge in [-0.3, -0.25) is 24.0 Å². The standard InChI is InChI=1S/C49H57N9O7S2/c1-7-30-25-66-48(51-30)56-42(27(2)3)46(63)58-24-32(65-40-22-37(38-26-67-47(55-38)50-28(4)5)52-36-20-31(64-6)18-19-33(36)40)21-39(58)44(61)57-49-23-29(49)14-10-8-9-11-17-41(59)53-34-15-12-13-16-35(34)54-45(62)43(49)60/h10,12-16,18-20,22,25-29,32,39,42H,7-9,11,17,21,23-24H2,1-6H3,(H,50,55)(H,51,56)(H,53,59)(H,54,62)(H,57,61)/b14-10+/t29?,32-,39-,42?,49?/m0/s1. The molecule has 3 aliphatic rings. The number of hydrogen-bond acceptors (Lipinski definition) is 14. The zero-order chi connectivity index (χ0) is 47.4. The zero-order valence-corrected chi connectivity index (χ0v) is 40.1. The molecule has 1 aliphatic carbocycles. The number of pyridine rings is 1. The Bertz CT molecular complexity index is 2700. The van der Waals surface area contributed by atoms with E-state index in [1.807, 2.05) is 81.8 Å². The second-order valence-corrected chi connectivity index (χ2v) is 19.6. The van der Waals surface area contributed by atoms with Gasteiger partial charge in [0.25, 0.3) is 5.91 Å². The van der Waals surface area contributed by atoms with Crippen molar-refractivity contribution in [1.29, 1.82) is 0 Å². The summed E-state index contributed by atoms with van der Waals surface area (Å²) in [6.45, 7) is 10.0. The van der Waals surface area contributed by atoms with Crippen molar-refractivity contribution in [1.82, 2.24) is 25.2 Å². The number of allylic oxidation sites excluding steroid dienone is 1. The summed E-state index contributed by atoms with van der Waals surface area (Å²) in [6, 6.07) is 12.4. The highest BCUT2D eigenvalue weighted by Gasteiger charge is 2.62. The van der Waals surface area contributed by atoms with Crippen LogP contribution in [0.5, 0.6) is 11.5 Å². The van der Waals surface area contributed by atoms with Gasteiger partial charge in [0.05, 0.1) is 41.9 Å². The summed E-state index contributed by atoms with van der Waals surface area (Å²) in [5.41, 5.74) is 1.78. The first-order valence-corrected chi connectivity index (χ1v) is 24.6. The number of likely N-dealkylation sites (tertiary alicyclic amines) is 1. The van der Waals surface area contributed by atoms with Gasteiger partial charge in [-0.25, -0.2) is 15.0 Å². The largest absolute Gasteiger partial charge is 0.497 e. The van der Waals surface area contributed by atoms with Gasteiger partial charge in [0, 0.05) is 53.1 Å². The number of Topliss-reactive ketones (excluding diaryl/α,β-unsaturated/α-hetero) is 1. The molecule has 0 spiro atoms. The number of benzene rings is 2. The minimum absolute atomic E-state index is 0.0433. The van der Waals surface area contributed by atoms with Crippen molar-refractivity contribution in [2.75, 3.05) is 34.9 Å². The Balaban J connectivity index is 1.12. The molecule has 1 saturated heterocycles. The van der Waals surface area contributed by atoms with Crippen LogP contribution in [0, 0.1) is 11.8 Å². The van der Waals surface area contributed by atoms with E-state index in [9.17, 15) is 24.0 Å². The summed E-state index contributed by atoms with van der Waals surface area (Å²) in [4.78, 5) is 86.9. The van der Waals surface area contributed by atoms with Crippen molar-refractivity contribution in [2.24, 2.45) is 11.8 Å². The van der Waals surface area contributed by atoms with Gasteiger partial charge < -0.3 is 41.0 Å². The van der Waals surface area contributed by atoms with E-state index < -0.39 is 47.2 Å². The SMILES string of the molecule is CCc1csc(NC(C(=O)N2C[C@@H](Oc3cc(-c4csc(NC(C)C)n4)nc4cc(OC)ccc34)C[C@H]2C(=O)NC23CC2/C=C/CCCCC(=O)Nc2ccccc2NC(=O)C3=O)C(C)C)n1. The molecule has 2 fully saturated rings. The van der Waals surface area contributed by atoms with E-state index in [1.54, 1.807) is 31.4 Å².